The molecular weight excluding hydrogens is 406 g/mol. The van der Waals surface area contributed by atoms with E-state index in [1.165, 1.54) is 16.8 Å². The molecule has 12 heteroatoms. The summed E-state index contributed by atoms with van der Waals surface area (Å²) in [5, 5.41) is 6.94. The van der Waals surface area contributed by atoms with E-state index in [1.807, 2.05) is 4.90 Å². The molecule has 0 bridgehead atoms. The summed E-state index contributed by atoms with van der Waals surface area (Å²) in [6, 6.07) is 1.55. The Bertz CT molecular complexity index is 899. The van der Waals surface area contributed by atoms with Gasteiger partial charge in [0, 0.05) is 57.5 Å². The Labute approximate surface area is 165 Å². The summed E-state index contributed by atoms with van der Waals surface area (Å²) in [7, 11) is -4.80. The molecule has 2 aliphatic rings. The number of hydrogen-bond donors (Lipinski definition) is 1. The van der Waals surface area contributed by atoms with E-state index in [1.54, 1.807) is 13.1 Å². The second-order valence-electron chi connectivity index (χ2n) is 7.60. The van der Waals surface area contributed by atoms with Crippen molar-refractivity contribution in [1.29, 1.82) is 0 Å². The van der Waals surface area contributed by atoms with Crippen molar-refractivity contribution in [2.75, 3.05) is 51.8 Å². The van der Waals surface area contributed by atoms with Crippen LogP contribution in [0.15, 0.2) is 21.8 Å². The van der Waals surface area contributed by atoms with Gasteiger partial charge < -0.3 is 14.7 Å². The standard InChI is InChI=1S/C16H27N5O5S2/c1-17-15(18-12-16(4-5-16)13-27(2,22)23)20-6-8-21(9-7-20)28(24,25)11-14-3-10-26-19-14/h3,10H,4-9,11-13H2,1-2H3,(H,17,18). The summed E-state index contributed by atoms with van der Waals surface area (Å²) in [6.45, 7) is 2.29. The van der Waals surface area contributed by atoms with Crippen LogP contribution in [0.5, 0.6) is 0 Å². The fourth-order valence-electron chi connectivity index (χ4n) is 3.47. The van der Waals surface area contributed by atoms with Gasteiger partial charge in [-0.3, -0.25) is 4.99 Å². The lowest BCUT2D eigenvalue weighted by molar-refractivity contribution is 0.259. The first kappa shape index (κ1) is 21.1. The van der Waals surface area contributed by atoms with Gasteiger partial charge in [0.2, 0.25) is 10.0 Å². The van der Waals surface area contributed by atoms with Crippen molar-refractivity contribution in [2.45, 2.75) is 18.6 Å². The molecule has 2 heterocycles. The number of rotatable bonds is 7. The van der Waals surface area contributed by atoms with Crippen LogP contribution in [0.3, 0.4) is 0 Å². The molecule has 1 aliphatic heterocycles. The molecule has 1 saturated carbocycles. The van der Waals surface area contributed by atoms with E-state index < -0.39 is 19.9 Å². The van der Waals surface area contributed by atoms with Gasteiger partial charge in [-0.25, -0.2) is 16.8 Å². The first-order chi connectivity index (χ1) is 13.1. The number of guanidine groups is 1. The third-order valence-corrected chi connectivity index (χ3v) is 8.06. The zero-order valence-electron chi connectivity index (χ0n) is 16.2. The molecule has 0 amide bonds. The van der Waals surface area contributed by atoms with Crippen molar-refractivity contribution < 1.29 is 21.4 Å². The third kappa shape index (κ3) is 5.45. The Morgan fingerprint density at radius 1 is 1.25 bits per heavy atom. The number of hydrogen-bond acceptors (Lipinski definition) is 7. The van der Waals surface area contributed by atoms with Crippen molar-refractivity contribution in [2.24, 2.45) is 10.4 Å². The highest BCUT2D eigenvalue weighted by Crippen LogP contribution is 2.46. The summed E-state index contributed by atoms with van der Waals surface area (Å²) < 4.78 is 54.4. The van der Waals surface area contributed by atoms with E-state index >= 15 is 0 Å². The van der Waals surface area contributed by atoms with Gasteiger partial charge in [-0.15, -0.1) is 0 Å². The molecule has 0 spiro atoms. The van der Waals surface area contributed by atoms with E-state index in [-0.39, 0.29) is 16.9 Å². The van der Waals surface area contributed by atoms with Crippen molar-refractivity contribution >= 4 is 25.8 Å². The Kier molecular flexibility index (Phi) is 6.01. The number of nitrogens with zero attached hydrogens (tertiary/aromatic N) is 4. The number of aromatic nitrogens is 1. The molecule has 1 aromatic rings. The van der Waals surface area contributed by atoms with E-state index in [2.05, 4.69) is 15.5 Å². The predicted molar refractivity (Wildman–Crippen MR) is 105 cm³/mol. The average Bonchev–Trinajstić information content (AvgIpc) is 3.16. The monoisotopic (exact) mass is 433 g/mol. The molecule has 0 radical (unpaired) electrons. The van der Waals surface area contributed by atoms with Crippen LogP contribution < -0.4 is 5.32 Å². The lowest BCUT2D eigenvalue weighted by Gasteiger charge is -2.36. The Hall–Kier alpha value is -1.66. The number of sulfone groups is 1. The summed E-state index contributed by atoms with van der Waals surface area (Å²) in [5.41, 5.74) is 0.187. The molecule has 0 atom stereocenters. The van der Waals surface area contributed by atoms with E-state index in [9.17, 15) is 16.8 Å². The van der Waals surface area contributed by atoms with Crippen LogP contribution in [0.2, 0.25) is 0 Å². The average molecular weight is 434 g/mol. The Morgan fingerprint density at radius 2 is 1.93 bits per heavy atom. The highest BCUT2D eigenvalue weighted by atomic mass is 32.2. The van der Waals surface area contributed by atoms with Gasteiger partial charge in [0.25, 0.3) is 0 Å². The maximum atomic E-state index is 12.5. The smallest absolute Gasteiger partial charge is 0.220 e. The maximum Gasteiger partial charge on any atom is 0.220 e. The van der Waals surface area contributed by atoms with E-state index in [0.29, 0.717) is 44.4 Å². The van der Waals surface area contributed by atoms with Crippen LogP contribution in [-0.4, -0.2) is 88.9 Å². The van der Waals surface area contributed by atoms with Crippen molar-refractivity contribution in [3.63, 3.8) is 0 Å². The molecule has 1 aromatic heterocycles. The van der Waals surface area contributed by atoms with Gasteiger partial charge in [0.1, 0.15) is 21.9 Å². The van der Waals surface area contributed by atoms with Crippen LogP contribution in [0, 0.1) is 5.41 Å². The molecule has 28 heavy (non-hydrogen) atoms. The molecule has 0 aromatic carbocycles. The molecular formula is C16H27N5O5S2. The lowest BCUT2D eigenvalue weighted by Crippen LogP contribution is -2.54. The zero-order valence-corrected chi connectivity index (χ0v) is 17.8. The van der Waals surface area contributed by atoms with E-state index in [0.717, 1.165) is 12.8 Å². The lowest BCUT2D eigenvalue weighted by atomic mass is 10.1. The second kappa shape index (κ2) is 7.99. The second-order valence-corrected chi connectivity index (χ2v) is 11.7. The topological polar surface area (TPSA) is 125 Å². The van der Waals surface area contributed by atoms with Gasteiger partial charge in [0.05, 0.1) is 11.4 Å². The molecule has 0 unspecified atom stereocenters. The zero-order chi connectivity index (χ0) is 20.4. The minimum Gasteiger partial charge on any atom is -0.364 e. The number of sulfonamides is 1. The van der Waals surface area contributed by atoms with Crippen molar-refractivity contribution in [3.8, 4) is 0 Å². The largest absolute Gasteiger partial charge is 0.364 e. The fourth-order valence-corrected chi connectivity index (χ4v) is 6.40. The molecule has 1 N–H and O–H groups in total. The first-order valence-corrected chi connectivity index (χ1v) is 12.8. The Balaban J connectivity index is 1.52. The van der Waals surface area contributed by atoms with Crippen molar-refractivity contribution in [1.82, 2.24) is 19.7 Å². The van der Waals surface area contributed by atoms with Gasteiger partial charge in [-0.2, -0.15) is 4.31 Å². The molecule has 3 rings (SSSR count). The first-order valence-electron chi connectivity index (χ1n) is 9.13. The quantitative estimate of drug-likeness (QED) is 0.452. The predicted octanol–water partition coefficient (Wildman–Crippen LogP) is -0.478. The van der Waals surface area contributed by atoms with Crippen LogP contribution in [-0.2, 0) is 25.6 Å². The maximum absolute atomic E-state index is 12.5. The minimum atomic E-state index is -3.45. The summed E-state index contributed by atoms with van der Waals surface area (Å²) >= 11 is 0. The molecule has 158 valence electrons. The normalized spacial score (nSPS) is 20.9. The third-order valence-electron chi connectivity index (χ3n) is 5.11. The molecule has 2 fully saturated rings. The van der Waals surface area contributed by atoms with Gasteiger partial charge >= 0.3 is 0 Å². The van der Waals surface area contributed by atoms with Crippen molar-refractivity contribution in [3.05, 3.63) is 18.0 Å². The molecule has 10 nitrogen and oxygen atoms in total. The number of piperazine rings is 1. The van der Waals surface area contributed by atoms with Gasteiger partial charge in [-0.05, 0) is 12.8 Å². The van der Waals surface area contributed by atoms with Gasteiger partial charge in [0.15, 0.2) is 5.96 Å². The SMILES string of the molecule is CN=C(NCC1(CS(C)(=O)=O)CC1)N1CCN(S(=O)(=O)Cc2ccon2)CC1. The highest BCUT2D eigenvalue weighted by Gasteiger charge is 2.45. The minimum absolute atomic E-state index is 0.176. The summed E-state index contributed by atoms with van der Waals surface area (Å²) in [6.07, 6.45) is 4.39. The summed E-state index contributed by atoms with van der Waals surface area (Å²) in [5.74, 6) is 0.677. The van der Waals surface area contributed by atoms with Gasteiger partial charge in [-0.1, -0.05) is 5.16 Å². The Morgan fingerprint density at radius 3 is 2.43 bits per heavy atom. The van der Waals surface area contributed by atoms with Crippen LogP contribution in [0.25, 0.3) is 0 Å². The summed E-state index contributed by atoms with van der Waals surface area (Å²) in [4.78, 5) is 6.28. The van der Waals surface area contributed by atoms with Crippen LogP contribution >= 0.6 is 0 Å². The highest BCUT2D eigenvalue weighted by molar-refractivity contribution is 7.90. The molecule has 1 aliphatic carbocycles. The van der Waals surface area contributed by atoms with E-state index in [4.69, 9.17) is 4.52 Å². The number of aliphatic imine (C=N–C) groups is 1. The fraction of sp³-hybridized carbons (Fsp3) is 0.750. The van der Waals surface area contributed by atoms with Crippen LogP contribution in [0.1, 0.15) is 18.5 Å². The molecule has 1 saturated heterocycles. The van der Waals surface area contributed by atoms with Crippen LogP contribution in [0.4, 0.5) is 0 Å². The number of nitrogens with one attached hydrogen (secondary N) is 1.